The van der Waals surface area contributed by atoms with Crippen LogP contribution in [0.1, 0.15) is 6.92 Å². The second-order valence-corrected chi connectivity index (χ2v) is 3.84. The van der Waals surface area contributed by atoms with Crippen molar-refractivity contribution < 1.29 is 0 Å². The van der Waals surface area contributed by atoms with Crippen molar-refractivity contribution in [1.29, 1.82) is 0 Å². The van der Waals surface area contributed by atoms with E-state index in [1.807, 2.05) is 49.4 Å². The Kier molecular flexibility index (Phi) is 3.53. The number of hydrogen-bond acceptors (Lipinski definition) is 3. The number of allylic oxidation sites excluding steroid dienone is 2. The van der Waals surface area contributed by atoms with Gasteiger partial charge in [-0.05, 0) is 25.1 Å². The lowest BCUT2D eigenvalue weighted by molar-refractivity contribution is 1.17. The van der Waals surface area contributed by atoms with Crippen LogP contribution in [0.2, 0.25) is 0 Å². The average Bonchev–Trinajstić information content (AvgIpc) is 2.42. The van der Waals surface area contributed by atoms with Crippen molar-refractivity contribution >= 4 is 22.1 Å². The first kappa shape index (κ1) is 12.0. The van der Waals surface area contributed by atoms with Gasteiger partial charge in [-0.15, -0.1) is 5.11 Å². The van der Waals surface area contributed by atoms with Crippen molar-refractivity contribution in [3.63, 3.8) is 0 Å². The minimum atomic E-state index is 0.746. The number of fused-ring (bicyclic) bond motifs is 1. The van der Waals surface area contributed by atoms with E-state index in [1.54, 1.807) is 6.08 Å². The van der Waals surface area contributed by atoms with Crippen LogP contribution in [0.5, 0.6) is 0 Å². The molecule has 0 aliphatic heterocycles. The van der Waals surface area contributed by atoms with Gasteiger partial charge in [-0.25, -0.2) is 0 Å². The first-order valence-corrected chi connectivity index (χ1v) is 5.74. The molecule has 2 aromatic rings. The fourth-order valence-corrected chi connectivity index (χ4v) is 1.72. The number of nitrogens with two attached hydrogens (primary N) is 1. The first-order valence-electron chi connectivity index (χ1n) is 5.74. The van der Waals surface area contributed by atoms with Crippen molar-refractivity contribution in [3.8, 4) is 0 Å². The minimum absolute atomic E-state index is 0.746. The molecule has 0 unspecified atom stereocenters. The molecule has 0 spiro atoms. The van der Waals surface area contributed by atoms with Crippen LogP contribution in [-0.4, -0.2) is 0 Å². The van der Waals surface area contributed by atoms with Crippen molar-refractivity contribution in [1.82, 2.24) is 0 Å². The largest absolute Gasteiger partial charge is 0.398 e. The SMILES string of the molecule is C=C/C(=C\C)N=Nc1ccc(N)c2ccccc12. The Morgan fingerprint density at radius 2 is 1.89 bits per heavy atom. The van der Waals surface area contributed by atoms with Gasteiger partial charge in [-0.2, -0.15) is 5.11 Å². The highest BCUT2D eigenvalue weighted by atomic mass is 15.1. The molecule has 2 rings (SSSR count). The molecule has 0 saturated heterocycles. The van der Waals surface area contributed by atoms with E-state index in [-0.39, 0.29) is 0 Å². The molecule has 0 aliphatic rings. The average molecular weight is 237 g/mol. The zero-order valence-electron chi connectivity index (χ0n) is 10.3. The quantitative estimate of drug-likeness (QED) is 0.473. The van der Waals surface area contributed by atoms with Crippen LogP contribution in [0.3, 0.4) is 0 Å². The molecule has 2 aromatic carbocycles. The third-order valence-corrected chi connectivity index (χ3v) is 2.71. The van der Waals surface area contributed by atoms with Crippen molar-refractivity contribution in [2.45, 2.75) is 6.92 Å². The maximum absolute atomic E-state index is 5.93. The lowest BCUT2D eigenvalue weighted by Crippen LogP contribution is -1.86. The second kappa shape index (κ2) is 5.27. The van der Waals surface area contributed by atoms with Gasteiger partial charge in [0.15, 0.2) is 0 Å². The molecule has 2 N–H and O–H groups in total. The standard InChI is InChI=1S/C15H15N3/c1-3-11(4-2)17-18-15-10-9-14(16)12-7-5-6-8-13(12)15/h3-10H,1,16H2,2H3/b11-4+,18-17?. The molecule has 0 bridgehead atoms. The predicted octanol–water partition coefficient (Wildman–Crippen LogP) is 4.60. The number of nitrogens with zero attached hydrogens (tertiary/aromatic N) is 2. The summed E-state index contributed by atoms with van der Waals surface area (Å²) >= 11 is 0. The minimum Gasteiger partial charge on any atom is -0.398 e. The Bertz CT molecular complexity index is 639. The molecule has 0 aliphatic carbocycles. The van der Waals surface area contributed by atoms with E-state index in [2.05, 4.69) is 16.8 Å². The molecule has 0 atom stereocenters. The van der Waals surface area contributed by atoms with Gasteiger partial charge < -0.3 is 5.73 Å². The number of benzene rings is 2. The number of nitrogen functional groups attached to an aromatic ring is 1. The molecule has 0 heterocycles. The lowest BCUT2D eigenvalue weighted by Gasteiger charge is -2.04. The zero-order valence-corrected chi connectivity index (χ0v) is 10.3. The summed E-state index contributed by atoms with van der Waals surface area (Å²) in [6.07, 6.45) is 3.53. The molecular formula is C15H15N3. The van der Waals surface area contributed by atoms with E-state index in [0.717, 1.165) is 27.8 Å². The molecule has 90 valence electrons. The number of anilines is 1. The van der Waals surface area contributed by atoms with Crippen molar-refractivity contribution in [2.24, 2.45) is 10.2 Å². The Morgan fingerprint density at radius 3 is 2.56 bits per heavy atom. The van der Waals surface area contributed by atoms with Crippen LogP contribution in [0.4, 0.5) is 11.4 Å². The van der Waals surface area contributed by atoms with E-state index in [4.69, 9.17) is 5.73 Å². The van der Waals surface area contributed by atoms with E-state index in [1.165, 1.54) is 0 Å². The summed E-state index contributed by atoms with van der Waals surface area (Å²) in [5, 5.41) is 10.4. The number of rotatable bonds is 3. The summed E-state index contributed by atoms with van der Waals surface area (Å²) in [6.45, 7) is 5.58. The molecule has 0 amide bonds. The normalized spacial score (nSPS) is 12.2. The fraction of sp³-hybridized carbons (Fsp3) is 0.0667. The molecule has 0 radical (unpaired) electrons. The summed E-state index contributed by atoms with van der Waals surface area (Å²) in [5.74, 6) is 0. The van der Waals surface area contributed by atoms with Crippen LogP contribution in [0.15, 0.2) is 71.1 Å². The van der Waals surface area contributed by atoms with E-state index in [9.17, 15) is 0 Å². The molecule has 3 nitrogen and oxygen atoms in total. The third-order valence-electron chi connectivity index (χ3n) is 2.71. The van der Waals surface area contributed by atoms with Crippen LogP contribution < -0.4 is 5.73 Å². The van der Waals surface area contributed by atoms with Gasteiger partial charge >= 0.3 is 0 Å². The molecular weight excluding hydrogens is 222 g/mol. The first-order chi connectivity index (χ1) is 8.76. The summed E-state index contributed by atoms with van der Waals surface area (Å²) in [4.78, 5) is 0. The van der Waals surface area contributed by atoms with E-state index >= 15 is 0 Å². The summed E-state index contributed by atoms with van der Waals surface area (Å²) in [5.41, 5.74) is 8.24. The van der Waals surface area contributed by atoms with Crippen LogP contribution in [0, 0.1) is 0 Å². The van der Waals surface area contributed by atoms with Crippen LogP contribution >= 0.6 is 0 Å². The molecule has 0 aromatic heterocycles. The highest BCUT2D eigenvalue weighted by Crippen LogP contribution is 2.30. The van der Waals surface area contributed by atoms with Gasteiger partial charge in [-0.3, -0.25) is 0 Å². The third kappa shape index (κ3) is 2.30. The summed E-state index contributed by atoms with van der Waals surface area (Å²) < 4.78 is 0. The predicted molar refractivity (Wildman–Crippen MR) is 76.8 cm³/mol. The van der Waals surface area contributed by atoms with Gasteiger partial charge in [-0.1, -0.05) is 36.9 Å². The lowest BCUT2D eigenvalue weighted by atomic mass is 10.1. The Morgan fingerprint density at radius 1 is 1.17 bits per heavy atom. The van der Waals surface area contributed by atoms with Gasteiger partial charge in [0.25, 0.3) is 0 Å². The van der Waals surface area contributed by atoms with Crippen LogP contribution in [0.25, 0.3) is 10.8 Å². The number of azo groups is 1. The van der Waals surface area contributed by atoms with Crippen molar-refractivity contribution in [3.05, 3.63) is 60.8 Å². The van der Waals surface area contributed by atoms with Crippen molar-refractivity contribution in [2.75, 3.05) is 5.73 Å². The molecule has 18 heavy (non-hydrogen) atoms. The van der Waals surface area contributed by atoms with E-state index in [0.29, 0.717) is 0 Å². The van der Waals surface area contributed by atoms with Gasteiger partial charge in [0.2, 0.25) is 0 Å². The zero-order chi connectivity index (χ0) is 13.0. The highest BCUT2D eigenvalue weighted by Gasteiger charge is 2.02. The maximum atomic E-state index is 5.93. The fourth-order valence-electron chi connectivity index (χ4n) is 1.72. The van der Waals surface area contributed by atoms with Gasteiger partial charge in [0, 0.05) is 16.5 Å². The summed E-state index contributed by atoms with van der Waals surface area (Å²) in [7, 11) is 0. The topological polar surface area (TPSA) is 50.7 Å². The monoisotopic (exact) mass is 237 g/mol. The number of hydrogen-bond donors (Lipinski definition) is 1. The second-order valence-electron chi connectivity index (χ2n) is 3.84. The summed E-state index contributed by atoms with van der Waals surface area (Å²) in [6, 6.07) is 11.6. The van der Waals surface area contributed by atoms with Crippen LogP contribution in [-0.2, 0) is 0 Å². The Balaban J connectivity index is 2.53. The van der Waals surface area contributed by atoms with Gasteiger partial charge in [0.05, 0.1) is 11.4 Å². The maximum Gasteiger partial charge on any atom is 0.0936 e. The Hall–Kier alpha value is -2.42. The van der Waals surface area contributed by atoms with Gasteiger partial charge in [0.1, 0.15) is 0 Å². The molecule has 0 saturated carbocycles. The molecule has 0 fully saturated rings. The molecule has 3 heteroatoms. The smallest absolute Gasteiger partial charge is 0.0936 e. The highest BCUT2D eigenvalue weighted by molar-refractivity contribution is 5.99. The Labute approximate surface area is 106 Å². The van der Waals surface area contributed by atoms with E-state index < -0.39 is 0 Å².